The molecule has 1 aliphatic rings. The quantitative estimate of drug-likeness (QED) is 0.668. The van der Waals surface area contributed by atoms with Crippen molar-refractivity contribution in [1.29, 1.82) is 0 Å². The lowest BCUT2D eigenvalue weighted by atomic mass is 10.0. The van der Waals surface area contributed by atoms with E-state index < -0.39 is 11.9 Å². The van der Waals surface area contributed by atoms with Crippen LogP contribution in [0.5, 0.6) is 0 Å². The summed E-state index contributed by atoms with van der Waals surface area (Å²) in [5, 5.41) is 9.21. The van der Waals surface area contributed by atoms with Gasteiger partial charge < -0.3 is 10.0 Å². The summed E-state index contributed by atoms with van der Waals surface area (Å²) in [5.74, 6) is -1.75. The SMILES string of the molecule is C/C=C/C=CC(=O)N1CC(C(=O)O)c2ccccc21. The molecule has 0 spiro atoms. The van der Waals surface area contributed by atoms with Crippen LogP contribution in [0.25, 0.3) is 0 Å². The Morgan fingerprint density at radius 2 is 2.05 bits per heavy atom. The van der Waals surface area contributed by atoms with Crippen LogP contribution in [0, 0.1) is 0 Å². The maximum absolute atomic E-state index is 12.1. The topological polar surface area (TPSA) is 57.6 Å². The first-order chi connectivity index (χ1) is 9.15. The fourth-order valence-electron chi connectivity index (χ4n) is 2.17. The predicted octanol–water partition coefficient (Wildman–Crippen LogP) is 2.33. The Hall–Kier alpha value is -2.36. The number of nitrogens with zero attached hydrogens (tertiary/aromatic N) is 1. The Morgan fingerprint density at radius 3 is 2.74 bits per heavy atom. The second kappa shape index (κ2) is 5.52. The predicted molar refractivity (Wildman–Crippen MR) is 73.1 cm³/mol. The molecule has 1 amide bonds. The van der Waals surface area contributed by atoms with Crippen molar-refractivity contribution < 1.29 is 14.7 Å². The Balaban J connectivity index is 2.30. The Bertz CT molecular complexity index is 560. The lowest BCUT2D eigenvalue weighted by molar-refractivity contribution is -0.138. The number of carboxylic acid groups (broad SMARTS) is 1. The second-order valence-electron chi connectivity index (χ2n) is 4.28. The third kappa shape index (κ3) is 2.57. The lowest BCUT2D eigenvalue weighted by Gasteiger charge is -2.14. The van der Waals surface area contributed by atoms with Crippen molar-refractivity contribution in [1.82, 2.24) is 0 Å². The number of amides is 1. The van der Waals surface area contributed by atoms with Crippen LogP contribution in [-0.4, -0.2) is 23.5 Å². The van der Waals surface area contributed by atoms with E-state index in [9.17, 15) is 14.7 Å². The van der Waals surface area contributed by atoms with Gasteiger partial charge in [0, 0.05) is 18.3 Å². The van der Waals surface area contributed by atoms with Crippen LogP contribution >= 0.6 is 0 Å². The number of hydrogen-bond donors (Lipinski definition) is 1. The highest BCUT2D eigenvalue weighted by molar-refractivity contribution is 6.05. The van der Waals surface area contributed by atoms with Crippen LogP contribution in [0.1, 0.15) is 18.4 Å². The van der Waals surface area contributed by atoms with Crippen molar-refractivity contribution in [2.75, 3.05) is 11.4 Å². The molecule has 0 aromatic heterocycles. The van der Waals surface area contributed by atoms with E-state index in [0.717, 1.165) is 0 Å². The lowest BCUT2D eigenvalue weighted by Crippen LogP contribution is -2.29. The van der Waals surface area contributed by atoms with Crippen molar-refractivity contribution in [3.05, 3.63) is 54.1 Å². The molecule has 0 saturated heterocycles. The van der Waals surface area contributed by atoms with Gasteiger partial charge in [0.25, 0.3) is 5.91 Å². The number of benzene rings is 1. The number of fused-ring (bicyclic) bond motifs is 1. The number of carboxylic acids is 1. The van der Waals surface area contributed by atoms with Gasteiger partial charge in [0.2, 0.25) is 0 Å². The van der Waals surface area contributed by atoms with Crippen LogP contribution in [0.2, 0.25) is 0 Å². The Labute approximate surface area is 111 Å². The van der Waals surface area contributed by atoms with Crippen molar-refractivity contribution >= 4 is 17.6 Å². The van der Waals surface area contributed by atoms with Gasteiger partial charge in [-0.2, -0.15) is 0 Å². The highest BCUT2D eigenvalue weighted by atomic mass is 16.4. The van der Waals surface area contributed by atoms with Crippen molar-refractivity contribution in [3.63, 3.8) is 0 Å². The summed E-state index contributed by atoms with van der Waals surface area (Å²) < 4.78 is 0. The molecule has 4 nitrogen and oxygen atoms in total. The standard InChI is InChI=1S/C15H15NO3/c1-2-3-4-9-14(17)16-10-12(15(18)19)11-7-5-6-8-13(11)16/h2-9,12H,10H2,1H3,(H,18,19)/b3-2+,9-4?. The van der Waals surface area contributed by atoms with E-state index in [2.05, 4.69) is 0 Å². The van der Waals surface area contributed by atoms with Crippen LogP contribution < -0.4 is 4.90 Å². The monoisotopic (exact) mass is 257 g/mol. The summed E-state index contributed by atoms with van der Waals surface area (Å²) in [6.07, 6.45) is 6.68. The molecule has 1 aromatic rings. The average Bonchev–Trinajstić information content (AvgIpc) is 2.78. The largest absolute Gasteiger partial charge is 0.481 e. The first-order valence-electron chi connectivity index (χ1n) is 6.07. The zero-order chi connectivity index (χ0) is 13.8. The van der Waals surface area contributed by atoms with E-state index in [-0.39, 0.29) is 12.5 Å². The fraction of sp³-hybridized carbons (Fsp3) is 0.200. The van der Waals surface area contributed by atoms with Crippen LogP contribution in [0.3, 0.4) is 0 Å². The van der Waals surface area contributed by atoms with Gasteiger partial charge in [0.05, 0.1) is 0 Å². The summed E-state index contributed by atoms with van der Waals surface area (Å²) in [7, 11) is 0. The number of hydrogen-bond acceptors (Lipinski definition) is 2. The van der Waals surface area contributed by atoms with E-state index in [0.29, 0.717) is 11.3 Å². The second-order valence-corrected chi connectivity index (χ2v) is 4.28. The molecule has 4 heteroatoms. The minimum atomic E-state index is -0.903. The molecule has 1 aliphatic heterocycles. The molecule has 0 aliphatic carbocycles. The number of allylic oxidation sites excluding steroid dienone is 3. The third-order valence-corrected chi connectivity index (χ3v) is 3.07. The molecule has 0 radical (unpaired) electrons. The molecule has 1 aromatic carbocycles. The van der Waals surface area contributed by atoms with E-state index in [1.165, 1.54) is 11.0 Å². The summed E-state index contributed by atoms with van der Waals surface area (Å²) in [6.45, 7) is 2.05. The third-order valence-electron chi connectivity index (χ3n) is 3.07. The minimum Gasteiger partial charge on any atom is -0.481 e. The molecule has 0 saturated carbocycles. The molecular weight excluding hydrogens is 242 g/mol. The van der Waals surface area contributed by atoms with Crippen molar-refractivity contribution in [3.8, 4) is 0 Å². The zero-order valence-electron chi connectivity index (χ0n) is 10.6. The Kier molecular flexibility index (Phi) is 3.80. The van der Waals surface area contributed by atoms with Gasteiger partial charge >= 0.3 is 5.97 Å². The first kappa shape index (κ1) is 13.1. The molecule has 1 atom stereocenters. The van der Waals surface area contributed by atoms with E-state index in [1.807, 2.05) is 13.0 Å². The van der Waals surface area contributed by atoms with Gasteiger partial charge in [-0.15, -0.1) is 0 Å². The molecule has 1 unspecified atom stereocenters. The van der Waals surface area contributed by atoms with Gasteiger partial charge in [-0.3, -0.25) is 9.59 Å². The van der Waals surface area contributed by atoms with E-state index in [4.69, 9.17) is 0 Å². The summed E-state index contributed by atoms with van der Waals surface area (Å²) >= 11 is 0. The Morgan fingerprint density at radius 1 is 1.32 bits per heavy atom. The number of carbonyl (C=O) groups is 2. The minimum absolute atomic E-state index is 0.188. The van der Waals surface area contributed by atoms with Crippen LogP contribution in [0.4, 0.5) is 5.69 Å². The number of anilines is 1. The van der Waals surface area contributed by atoms with Gasteiger partial charge in [-0.1, -0.05) is 36.4 Å². The van der Waals surface area contributed by atoms with Gasteiger partial charge in [-0.25, -0.2) is 0 Å². The molecule has 98 valence electrons. The maximum atomic E-state index is 12.1. The average molecular weight is 257 g/mol. The van der Waals surface area contributed by atoms with Crippen LogP contribution in [0.15, 0.2) is 48.6 Å². The molecule has 19 heavy (non-hydrogen) atoms. The first-order valence-corrected chi connectivity index (χ1v) is 6.07. The zero-order valence-corrected chi connectivity index (χ0v) is 10.6. The van der Waals surface area contributed by atoms with Crippen molar-refractivity contribution in [2.24, 2.45) is 0 Å². The van der Waals surface area contributed by atoms with Gasteiger partial charge in [0.1, 0.15) is 5.92 Å². The van der Waals surface area contributed by atoms with Crippen LogP contribution in [-0.2, 0) is 9.59 Å². The van der Waals surface area contributed by atoms with Gasteiger partial charge in [0.15, 0.2) is 0 Å². The molecule has 1 heterocycles. The molecule has 2 rings (SSSR count). The summed E-state index contributed by atoms with van der Waals surface area (Å²) in [6, 6.07) is 7.13. The normalized spacial score (nSPS) is 18.2. The van der Waals surface area contributed by atoms with Crippen molar-refractivity contribution in [2.45, 2.75) is 12.8 Å². The number of para-hydroxylation sites is 1. The number of rotatable bonds is 3. The van der Waals surface area contributed by atoms with E-state index in [1.54, 1.807) is 36.4 Å². The highest BCUT2D eigenvalue weighted by Crippen LogP contribution is 2.36. The molecule has 0 fully saturated rings. The molecule has 1 N–H and O–H groups in total. The smallest absolute Gasteiger partial charge is 0.312 e. The number of aliphatic carboxylic acids is 1. The number of carbonyl (C=O) groups excluding carboxylic acids is 1. The maximum Gasteiger partial charge on any atom is 0.312 e. The summed E-state index contributed by atoms with van der Waals surface area (Å²) in [4.78, 5) is 24.8. The van der Waals surface area contributed by atoms with Gasteiger partial charge in [-0.05, 0) is 18.6 Å². The fourth-order valence-corrected chi connectivity index (χ4v) is 2.17. The van der Waals surface area contributed by atoms with E-state index >= 15 is 0 Å². The highest BCUT2D eigenvalue weighted by Gasteiger charge is 2.35. The summed E-state index contributed by atoms with van der Waals surface area (Å²) in [5.41, 5.74) is 1.38. The molecule has 0 bridgehead atoms. The molecular formula is C15H15NO3.